The van der Waals surface area contributed by atoms with Crippen LogP contribution in [0.1, 0.15) is 36.1 Å². The minimum atomic E-state index is -4.39. The Bertz CT molecular complexity index is 1090. The molecule has 3 aromatic carbocycles. The van der Waals surface area contributed by atoms with Gasteiger partial charge in [0.2, 0.25) is 0 Å². The lowest BCUT2D eigenvalue weighted by atomic mass is 9.89. The van der Waals surface area contributed by atoms with Gasteiger partial charge in [-0.2, -0.15) is 13.2 Å². The summed E-state index contributed by atoms with van der Waals surface area (Å²) in [6.45, 7) is 4.17. The largest absolute Gasteiger partial charge is 0.489 e. The molecular weight excluding hydrogens is 414 g/mol. The third-order valence-electron chi connectivity index (χ3n) is 4.86. The predicted octanol–water partition coefficient (Wildman–Crippen LogP) is 5.97. The summed E-state index contributed by atoms with van der Waals surface area (Å²) in [5.74, 6) is 1.22. The molecule has 3 aromatic rings. The Morgan fingerprint density at radius 3 is 2.35 bits per heavy atom. The van der Waals surface area contributed by atoms with E-state index in [1.54, 1.807) is 12.1 Å². The van der Waals surface area contributed by atoms with Crippen molar-refractivity contribution in [3.05, 3.63) is 101 Å². The van der Waals surface area contributed by atoms with Crippen LogP contribution < -0.4 is 9.47 Å². The second-order valence-electron chi connectivity index (χ2n) is 7.77. The van der Waals surface area contributed by atoms with Crippen molar-refractivity contribution in [2.45, 2.75) is 32.2 Å². The Labute approximate surface area is 195 Å². The molecule has 0 saturated heterocycles. The predicted molar refractivity (Wildman–Crippen MR) is 119 cm³/mol. The Balaban J connectivity index is 0.00000272. The zero-order valence-electron chi connectivity index (χ0n) is 16.7. The van der Waals surface area contributed by atoms with Gasteiger partial charge in [0.25, 0.3) is 0 Å². The minimum Gasteiger partial charge on any atom is -0.489 e. The van der Waals surface area contributed by atoms with Crippen LogP contribution in [0.25, 0.3) is 5.57 Å². The van der Waals surface area contributed by atoms with E-state index in [1.165, 1.54) is 12.1 Å². The number of hydrogen-bond donors (Lipinski definition) is 0. The van der Waals surface area contributed by atoms with Gasteiger partial charge >= 0.3 is 29.2 Å². The molecule has 0 saturated carbocycles. The molecule has 31 heavy (non-hydrogen) atoms. The quantitative estimate of drug-likeness (QED) is 0.469. The van der Waals surface area contributed by atoms with E-state index < -0.39 is 17.3 Å². The Morgan fingerprint density at radius 2 is 1.65 bits per heavy atom. The Hall–Kier alpha value is -2.44. The minimum absolute atomic E-state index is 0. The van der Waals surface area contributed by atoms with Crippen LogP contribution in [0.5, 0.6) is 11.5 Å². The number of halogens is 3. The van der Waals surface area contributed by atoms with Crippen LogP contribution in [0.15, 0.2) is 78.9 Å². The highest BCUT2D eigenvalue weighted by Gasteiger charge is 2.32. The first kappa shape index (κ1) is 23.2. The van der Waals surface area contributed by atoms with Gasteiger partial charge in [0.1, 0.15) is 23.7 Å². The number of rotatable bonds is 4. The zero-order valence-corrected chi connectivity index (χ0v) is 16.7. The van der Waals surface area contributed by atoms with Crippen molar-refractivity contribution in [3.63, 3.8) is 0 Å². The molecule has 1 aliphatic rings. The Kier molecular flexibility index (Phi) is 6.72. The highest BCUT2D eigenvalue weighted by atomic mass is 24.3. The molecule has 0 aromatic heterocycles. The van der Waals surface area contributed by atoms with E-state index in [4.69, 9.17) is 9.47 Å². The topological polar surface area (TPSA) is 18.5 Å². The van der Waals surface area contributed by atoms with Gasteiger partial charge in [0.05, 0.1) is 5.56 Å². The van der Waals surface area contributed by atoms with Crippen LogP contribution in [-0.2, 0) is 12.8 Å². The lowest BCUT2D eigenvalue weighted by Crippen LogP contribution is -2.29. The summed E-state index contributed by atoms with van der Waals surface area (Å²) in [7, 11) is 0. The van der Waals surface area contributed by atoms with Gasteiger partial charge in [-0.3, -0.25) is 0 Å². The number of fused-ring (bicyclic) bond motifs is 1. The van der Waals surface area contributed by atoms with Crippen molar-refractivity contribution in [1.29, 1.82) is 0 Å². The SMILES string of the molecule is CC1(C)C=C(c2cccc(C(F)(F)F)c2)c2ccc(OCc3ccccc3)cc2O1.[MgH2]. The molecule has 0 bridgehead atoms. The van der Waals surface area contributed by atoms with Gasteiger partial charge in [-0.1, -0.05) is 42.5 Å². The highest BCUT2D eigenvalue weighted by molar-refractivity contribution is 5.85. The second kappa shape index (κ2) is 8.97. The van der Waals surface area contributed by atoms with Crippen LogP contribution in [0.2, 0.25) is 0 Å². The van der Waals surface area contributed by atoms with Crippen molar-refractivity contribution in [2.24, 2.45) is 0 Å². The van der Waals surface area contributed by atoms with Gasteiger partial charge in [-0.05, 0) is 60.9 Å². The van der Waals surface area contributed by atoms with Crippen LogP contribution >= 0.6 is 0 Å². The van der Waals surface area contributed by atoms with Gasteiger partial charge < -0.3 is 9.47 Å². The molecule has 1 aliphatic heterocycles. The molecule has 0 aliphatic carbocycles. The molecule has 4 rings (SSSR count). The summed E-state index contributed by atoms with van der Waals surface area (Å²) >= 11 is 0. The summed E-state index contributed by atoms with van der Waals surface area (Å²) in [6.07, 6.45) is -2.54. The van der Waals surface area contributed by atoms with E-state index >= 15 is 0 Å². The van der Waals surface area contributed by atoms with E-state index in [2.05, 4.69) is 0 Å². The van der Waals surface area contributed by atoms with Crippen LogP contribution in [0.4, 0.5) is 13.2 Å². The summed E-state index contributed by atoms with van der Waals surface area (Å²) in [4.78, 5) is 0. The summed E-state index contributed by atoms with van der Waals surface area (Å²) in [6, 6.07) is 20.6. The summed E-state index contributed by atoms with van der Waals surface area (Å²) in [5, 5.41) is 0. The molecule has 0 amide bonds. The lowest BCUT2D eigenvalue weighted by molar-refractivity contribution is -0.137. The van der Waals surface area contributed by atoms with Gasteiger partial charge in [0.15, 0.2) is 0 Å². The van der Waals surface area contributed by atoms with Crippen molar-refractivity contribution in [2.75, 3.05) is 0 Å². The molecule has 1 heterocycles. The van der Waals surface area contributed by atoms with Crippen molar-refractivity contribution >= 4 is 28.6 Å². The first-order valence-corrected chi connectivity index (χ1v) is 9.62. The van der Waals surface area contributed by atoms with Gasteiger partial charge in [-0.15, -0.1) is 0 Å². The maximum absolute atomic E-state index is 13.2. The maximum atomic E-state index is 13.2. The van der Waals surface area contributed by atoms with Gasteiger partial charge in [0, 0.05) is 11.6 Å². The first-order valence-electron chi connectivity index (χ1n) is 9.62. The lowest BCUT2D eigenvalue weighted by Gasteiger charge is -2.31. The average Bonchev–Trinajstić information content (AvgIpc) is 2.71. The third kappa shape index (κ3) is 5.43. The van der Waals surface area contributed by atoms with E-state index in [1.807, 2.05) is 62.4 Å². The normalized spacial score (nSPS) is 14.5. The van der Waals surface area contributed by atoms with Crippen molar-refractivity contribution < 1.29 is 22.6 Å². The average molecular weight is 437 g/mol. The number of ether oxygens (including phenoxy) is 2. The maximum Gasteiger partial charge on any atom is 0.416 e. The fourth-order valence-corrected chi connectivity index (χ4v) is 3.48. The van der Waals surface area contributed by atoms with Crippen LogP contribution in [-0.4, -0.2) is 28.7 Å². The van der Waals surface area contributed by atoms with Crippen LogP contribution in [0, 0.1) is 0 Å². The number of alkyl halides is 3. The molecular formula is C25H23F3MgO2. The molecule has 158 valence electrons. The fraction of sp³-hybridized carbons (Fsp3) is 0.200. The molecule has 6 heteroatoms. The molecule has 0 radical (unpaired) electrons. The van der Waals surface area contributed by atoms with E-state index in [-0.39, 0.29) is 23.1 Å². The number of benzene rings is 3. The highest BCUT2D eigenvalue weighted by Crippen LogP contribution is 2.42. The van der Waals surface area contributed by atoms with E-state index in [0.29, 0.717) is 29.2 Å². The van der Waals surface area contributed by atoms with Gasteiger partial charge in [-0.25, -0.2) is 0 Å². The Morgan fingerprint density at radius 1 is 0.903 bits per heavy atom. The fourth-order valence-electron chi connectivity index (χ4n) is 3.48. The first-order chi connectivity index (χ1) is 14.2. The van der Waals surface area contributed by atoms with E-state index in [0.717, 1.165) is 17.2 Å². The monoisotopic (exact) mass is 436 g/mol. The van der Waals surface area contributed by atoms with Crippen molar-refractivity contribution in [1.82, 2.24) is 0 Å². The third-order valence-corrected chi connectivity index (χ3v) is 4.86. The zero-order chi connectivity index (χ0) is 21.4. The smallest absolute Gasteiger partial charge is 0.416 e. The molecule has 2 nitrogen and oxygen atoms in total. The molecule has 0 atom stereocenters. The second-order valence-corrected chi connectivity index (χ2v) is 7.77. The molecule has 0 N–H and O–H groups in total. The van der Waals surface area contributed by atoms with Crippen LogP contribution in [0.3, 0.4) is 0 Å². The molecule has 0 fully saturated rings. The molecule has 0 unspecified atom stereocenters. The number of hydrogen-bond acceptors (Lipinski definition) is 2. The van der Waals surface area contributed by atoms with E-state index in [9.17, 15) is 13.2 Å². The summed E-state index contributed by atoms with van der Waals surface area (Å²) in [5.41, 5.74) is 1.65. The summed E-state index contributed by atoms with van der Waals surface area (Å²) < 4.78 is 51.6. The standard InChI is InChI=1S/C25H21F3O2.Mg.2H/c1-24(2)15-22(18-9-6-10-19(13-18)25(26,27)28)21-12-11-20(14-23(21)30-24)29-16-17-7-4-3-5-8-17;;;/h3-15H,16H2,1-2H3;;;. The molecule has 0 spiro atoms. The van der Waals surface area contributed by atoms with Crippen molar-refractivity contribution in [3.8, 4) is 11.5 Å².